The minimum absolute atomic E-state index is 0.0772. The van der Waals surface area contributed by atoms with Gasteiger partial charge in [0.1, 0.15) is 0 Å². The van der Waals surface area contributed by atoms with E-state index in [1.165, 1.54) is 11.1 Å². The van der Waals surface area contributed by atoms with Crippen LogP contribution in [0.25, 0.3) is 0 Å². The minimum atomic E-state index is 0.0772. The van der Waals surface area contributed by atoms with Crippen LogP contribution in [-0.2, 0) is 4.79 Å². The van der Waals surface area contributed by atoms with Gasteiger partial charge in [0.05, 0.1) is 0 Å². The zero-order valence-corrected chi connectivity index (χ0v) is 12.0. The molecule has 0 aromatic heterocycles. The highest BCUT2D eigenvalue weighted by molar-refractivity contribution is 5.91. The van der Waals surface area contributed by atoms with Gasteiger partial charge in [-0.25, -0.2) is 0 Å². The van der Waals surface area contributed by atoms with Gasteiger partial charge in [-0.2, -0.15) is 0 Å². The predicted octanol–water partition coefficient (Wildman–Crippen LogP) is 4.13. The first-order chi connectivity index (χ1) is 8.41. The molecule has 0 radical (unpaired) electrons. The second-order valence-corrected chi connectivity index (χ2v) is 5.16. The van der Waals surface area contributed by atoms with E-state index in [1.807, 2.05) is 26.0 Å². The molecule has 1 aromatic carbocycles. The number of carbonyl (C=O) groups is 1. The van der Waals surface area contributed by atoms with Crippen molar-refractivity contribution in [2.24, 2.45) is 0 Å². The maximum Gasteiger partial charge on any atom is 0.224 e. The first kappa shape index (κ1) is 14.5. The van der Waals surface area contributed by atoms with Gasteiger partial charge in [0, 0.05) is 19.2 Å². The van der Waals surface area contributed by atoms with Crippen LogP contribution < -0.4 is 4.90 Å². The van der Waals surface area contributed by atoms with Gasteiger partial charge in [0.15, 0.2) is 0 Å². The molecule has 0 aliphatic rings. The van der Waals surface area contributed by atoms with E-state index in [0.717, 1.165) is 5.69 Å². The molecule has 0 saturated carbocycles. The van der Waals surface area contributed by atoms with Crippen LogP contribution in [0.1, 0.15) is 46.1 Å². The van der Waals surface area contributed by atoms with Crippen LogP contribution in [0.4, 0.5) is 5.69 Å². The molecular weight excluding hydrogens is 222 g/mol. The van der Waals surface area contributed by atoms with Gasteiger partial charge in [-0.1, -0.05) is 37.6 Å². The minimum Gasteiger partial charge on any atom is -0.309 e. The fourth-order valence-electron chi connectivity index (χ4n) is 1.74. The molecule has 0 fully saturated rings. The number of anilines is 1. The van der Waals surface area contributed by atoms with Crippen molar-refractivity contribution in [3.8, 4) is 0 Å². The summed E-state index contributed by atoms with van der Waals surface area (Å²) in [5.74, 6) is 0.551. The van der Waals surface area contributed by atoms with E-state index in [-0.39, 0.29) is 5.91 Å². The van der Waals surface area contributed by atoms with Crippen LogP contribution in [0.15, 0.2) is 35.9 Å². The summed E-state index contributed by atoms with van der Waals surface area (Å²) in [6, 6.07) is 8.22. The fourth-order valence-corrected chi connectivity index (χ4v) is 1.74. The van der Waals surface area contributed by atoms with Crippen molar-refractivity contribution in [1.82, 2.24) is 0 Å². The van der Waals surface area contributed by atoms with Crippen LogP contribution in [0.3, 0.4) is 0 Å². The largest absolute Gasteiger partial charge is 0.309 e. The summed E-state index contributed by atoms with van der Waals surface area (Å²) in [5, 5.41) is 0. The summed E-state index contributed by atoms with van der Waals surface area (Å²) in [6.07, 6.45) is 2.07. The van der Waals surface area contributed by atoms with E-state index in [9.17, 15) is 4.79 Å². The Balaban J connectivity index is 3.02. The van der Waals surface area contributed by atoms with Crippen molar-refractivity contribution in [3.63, 3.8) is 0 Å². The number of carbonyl (C=O) groups excluding carboxylic acids is 1. The molecule has 0 unspecified atom stereocenters. The lowest BCUT2D eigenvalue weighted by Crippen LogP contribution is -2.28. The molecule has 1 rings (SSSR count). The first-order valence-electron chi connectivity index (χ1n) is 6.43. The predicted molar refractivity (Wildman–Crippen MR) is 78.0 cm³/mol. The Morgan fingerprint density at radius 3 is 2.44 bits per heavy atom. The van der Waals surface area contributed by atoms with Crippen LogP contribution in [0.5, 0.6) is 0 Å². The van der Waals surface area contributed by atoms with Crippen LogP contribution in [0, 0.1) is 0 Å². The normalized spacial score (nSPS) is 10.3. The summed E-state index contributed by atoms with van der Waals surface area (Å²) in [6.45, 7) is 10.7. The van der Waals surface area contributed by atoms with E-state index in [1.54, 1.807) is 11.8 Å². The molecule has 0 aliphatic carbocycles. The molecule has 2 heteroatoms. The van der Waals surface area contributed by atoms with Gasteiger partial charge in [0.25, 0.3) is 0 Å². The molecule has 1 amide bonds. The molecule has 0 N–H and O–H groups in total. The summed E-state index contributed by atoms with van der Waals surface area (Å²) in [5.41, 5.74) is 3.46. The average Bonchev–Trinajstić information content (AvgIpc) is 2.28. The molecule has 1 aromatic rings. The van der Waals surface area contributed by atoms with Crippen LogP contribution >= 0.6 is 0 Å². The monoisotopic (exact) mass is 245 g/mol. The van der Waals surface area contributed by atoms with Gasteiger partial charge in [-0.05, 0) is 37.5 Å². The lowest BCUT2D eigenvalue weighted by molar-refractivity contribution is -0.116. The quantitative estimate of drug-likeness (QED) is 0.730. The molecule has 0 atom stereocenters. The topological polar surface area (TPSA) is 20.3 Å². The molecule has 0 spiro atoms. The van der Waals surface area contributed by atoms with Crippen molar-refractivity contribution in [3.05, 3.63) is 41.5 Å². The maximum atomic E-state index is 11.7. The molecule has 2 nitrogen and oxygen atoms in total. The second kappa shape index (κ2) is 6.39. The summed E-state index contributed by atoms with van der Waals surface area (Å²) >= 11 is 0. The zero-order valence-electron chi connectivity index (χ0n) is 12.0. The van der Waals surface area contributed by atoms with E-state index < -0.39 is 0 Å². The highest BCUT2D eigenvalue weighted by Crippen LogP contribution is 2.21. The van der Waals surface area contributed by atoms with E-state index in [2.05, 4.69) is 32.1 Å². The zero-order chi connectivity index (χ0) is 13.7. The van der Waals surface area contributed by atoms with Crippen molar-refractivity contribution >= 4 is 11.6 Å². The van der Waals surface area contributed by atoms with Crippen LogP contribution in [0.2, 0.25) is 0 Å². The van der Waals surface area contributed by atoms with E-state index in [4.69, 9.17) is 0 Å². The number of rotatable bonds is 4. The third-order valence-corrected chi connectivity index (χ3v) is 2.91. The van der Waals surface area contributed by atoms with Crippen LogP contribution in [-0.4, -0.2) is 12.5 Å². The van der Waals surface area contributed by atoms with Crippen molar-refractivity contribution in [1.29, 1.82) is 0 Å². The highest BCUT2D eigenvalue weighted by atomic mass is 16.2. The lowest BCUT2D eigenvalue weighted by Gasteiger charge is -2.21. The summed E-state index contributed by atoms with van der Waals surface area (Å²) in [4.78, 5) is 13.5. The summed E-state index contributed by atoms with van der Waals surface area (Å²) < 4.78 is 0. The number of amides is 1. The number of allylic oxidation sites excluding steroid dienone is 1. The Bertz CT molecular complexity index is 442. The van der Waals surface area contributed by atoms with E-state index >= 15 is 0 Å². The standard InChI is InChI=1S/C16H23NO/c1-12(2)9-10-17(14(5)18)16-8-6-7-15(11-16)13(3)4/h6-9,11,13H,10H2,1-5H3. The number of hydrogen-bond donors (Lipinski definition) is 0. The Morgan fingerprint density at radius 1 is 1.28 bits per heavy atom. The number of benzene rings is 1. The molecule has 0 saturated heterocycles. The molecule has 0 aliphatic heterocycles. The molecular formula is C16H23NO. The van der Waals surface area contributed by atoms with Crippen molar-refractivity contribution < 1.29 is 4.79 Å². The van der Waals surface area contributed by atoms with Gasteiger partial charge in [-0.15, -0.1) is 0 Å². The fraction of sp³-hybridized carbons (Fsp3) is 0.438. The molecule has 18 heavy (non-hydrogen) atoms. The maximum absolute atomic E-state index is 11.7. The Hall–Kier alpha value is -1.57. The third-order valence-electron chi connectivity index (χ3n) is 2.91. The number of hydrogen-bond acceptors (Lipinski definition) is 1. The summed E-state index contributed by atoms with van der Waals surface area (Å²) in [7, 11) is 0. The Kier molecular flexibility index (Phi) is 5.14. The second-order valence-electron chi connectivity index (χ2n) is 5.16. The Labute approximate surface area is 110 Å². The van der Waals surface area contributed by atoms with Gasteiger partial charge < -0.3 is 4.90 Å². The molecule has 98 valence electrons. The first-order valence-corrected chi connectivity index (χ1v) is 6.43. The number of nitrogens with zero attached hydrogens (tertiary/aromatic N) is 1. The van der Waals surface area contributed by atoms with Crippen molar-refractivity contribution in [2.45, 2.75) is 40.5 Å². The third kappa shape index (κ3) is 4.02. The Morgan fingerprint density at radius 2 is 1.94 bits per heavy atom. The molecule has 0 heterocycles. The highest BCUT2D eigenvalue weighted by Gasteiger charge is 2.11. The smallest absolute Gasteiger partial charge is 0.224 e. The molecule has 0 bridgehead atoms. The lowest BCUT2D eigenvalue weighted by atomic mass is 10.0. The van der Waals surface area contributed by atoms with Gasteiger partial charge in [-0.3, -0.25) is 4.79 Å². The average molecular weight is 245 g/mol. The van der Waals surface area contributed by atoms with Crippen molar-refractivity contribution in [2.75, 3.05) is 11.4 Å². The SMILES string of the molecule is CC(=O)N(CC=C(C)C)c1cccc(C(C)C)c1. The van der Waals surface area contributed by atoms with E-state index in [0.29, 0.717) is 12.5 Å². The van der Waals surface area contributed by atoms with Gasteiger partial charge in [0.2, 0.25) is 5.91 Å². The van der Waals surface area contributed by atoms with Gasteiger partial charge >= 0.3 is 0 Å².